The van der Waals surface area contributed by atoms with Crippen LogP contribution in [0.3, 0.4) is 0 Å². The molecule has 0 saturated heterocycles. The van der Waals surface area contributed by atoms with Gasteiger partial charge in [0.25, 0.3) is 0 Å². The van der Waals surface area contributed by atoms with Crippen molar-refractivity contribution in [2.45, 2.75) is 0 Å². The van der Waals surface area contributed by atoms with Crippen molar-refractivity contribution in [1.82, 2.24) is 0 Å². The minimum atomic E-state index is -0.326. The Labute approximate surface area is 123 Å². The molecule has 2 aromatic carbocycles. The number of aromatic hydroxyl groups is 1. The van der Waals surface area contributed by atoms with Crippen LogP contribution in [0.1, 0.15) is 15.9 Å². The number of phenols is 1. The molecule has 0 aliphatic heterocycles. The first-order chi connectivity index (χ1) is 10.2. The van der Waals surface area contributed by atoms with Crippen LogP contribution in [0.5, 0.6) is 17.2 Å². The number of phenolic OH excluding ortho intramolecular Hbond substituents is 1. The molecular formula is C17H16O4. The highest BCUT2D eigenvalue weighted by molar-refractivity contribution is 6.10. The molecule has 0 spiro atoms. The summed E-state index contributed by atoms with van der Waals surface area (Å²) in [4.78, 5) is 12.2. The van der Waals surface area contributed by atoms with Crippen molar-refractivity contribution in [3.8, 4) is 17.2 Å². The minimum absolute atomic E-state index is 0.102. The maximum absolute atomic E-state index is 12.2. The van der Waals surface area contributed by atoms with Gasteiger partial charge in [-0.25, -0.2) is 0 Å². The Balaban J connectivity index is 2.27. The van der Waals surface area contributed by atoms with Gasteiger partial charge in [-0.15, -0.1) is 0 Å². The number of allylic oxidation sites excluding steroid dienone is 1. The second-order valence-corrected chi connectivity index (χ2v) is 4.33. The Hall–Kier alpha value is -2.75. The Morgan fingerprint density at radius 1 is 1.10 bits per heavy atom. The average Bonchev–Trinajstić information content (AvgIpc) is 2.52. The second kappa shape index (κ2) is 6.61. The van der Waals surface area contributed by atoms with E-state index in [-0.39, 0.29) is 17.1 Å². The third-order valence-electron chi connectivity index (χ3n) is 2.99. The number of hydrogen-bond acceptors (Lipinski definition) is 4. The van der Waals surface area contributed by atoms with E-state index < -0.39 is 0 Å². The van der Waals surface area contributed by atoms with Gasteiger partial charge in [0.05, 0.1) is 14.2 Å². The number of hydrogen-bond donors (Lipinski definition) is 1. The largest absolute Gasteiger partial charge is 0.507 e. The fourth-order valence-corrected chi connectivity index (χ4v) is 1.94. The van der Waals surface area contributed by atoms with E-state index in [2.05, 4.69) is 0 Å². The Kier molecular flexibility index (Phi) is 4.61. The van der Waals surface area contributed by atoms with Crippen LogP contribution >= 0.6 is 0 Å². The summed E-state index contributed by atoms with van der Waals surface area (Å²) in [5, 5.41) is 9.82. The van der Waals surface area contributed by atoms with Gasteiger partial charge in [0, 0.05) is 0 Å². The molecule has 2 aromatic rings. The van der Waals surface area contributed by atoms with Crippen LogP contribution in [-0.4, -0.2) is 25.1 Å². The van der Waals surface area contributed by atoms with E-state index in [1.165, 1.54) is 19.3 Å². The summed E-state index contributed by atoms with van der Waals surface area (Å²) in [5.41, 5.74) is 0.983. The van der Waals surface area contributed by atoms with Gasteiger partial charge in [0.15, 0.2) is 5.78 Å². The first kappa shape index (κ1) is 14.7. The fourth-order valence-electron chi connectivity index (χ4n) is 1.94. The highest BCUT2D eigenvalue weighted by atomic mass is 16.5. The van der Waals surface area contributed by atoms with Gasteiger partial charge in [0.2, 0.25) is 0 Å². The fraction of sp³-hybridized carbons (Fsp3) is 0.118. The molecule has 0 aromatic heterocycles. The highest BCUT2D eigenvalue weighted by Gasteiger charge is 2.14. The third kappa shape index (κ3) is 3.42. The summed E-state index contributed by atoms with van der Waals surface area (Å²) in [5.74, 6) is 0.627. The van der Waals surface area contributed by atoms with Gasteiger partial charge in [-0.05, 0) is 35.9 Å². The normalized spacial score (nSPS) is 10.6. The summed E-state index contributed by atoms with van der Waals surface area (Å²) in [6.45, 7) is 0. The van der Waals surface area contributed by atoms with E-state index in [9.17, 15) is 9.90 Å². The van der Waals surface area contributed by atoms with E-state index in [0.717, 1.165) is 5.56 Å². The first-order valence-corrected chi connectivity index (χ1v) is 6.38. The van der Waals surface area contributed by atoms with Gasteiger partial charge in [0.1, 0.15) is 22.8 Å². The lowest BCUT2D eigenvalue weighted by molar-refractivity contribution is 0.104. The van der Waals surface area contributed by atoms with E-state index in [0.29, 0.717) is 11.5 Å². The van der Waals surface area contributed by atoms with Crippen molar-refractivity contribution in [3.63, 3.8) is 0 Å². The van der Waals surface area contributed by atoms with Crippen LogP contribution in [0.25, 0.3) is 6.08 Å². The van der Waals surface area contributed by atoms with E-state index in [1.54, 1.807) is 25.3 Å². The molecule has 4 heteroatoms. The maximum Gasteiger partial charge on any atom is 0.193 e. The topological polar surface area (TPSA) is 55.8 Å². The van der Waals surface area contributed by atoms with E-state index in [4.69, 9.17) is 9.47 Å². The summed E-state index contributed by atoms with van der Waals surface area (Å²) in [6.07, 6.45) is 3.06. The van der Waals surface area contributed by atoms with Crippen molar-refractivity contribution in [1.29, 1.82) is 0 Å². The molecule has 0 fully saturated rings. The lowest BCUT2D eigenvalue weighted by Crippen LogP contribution is -1.99. The molecule has 21 heavy (non-hydrogen) atoms. The number of carbonyl (C=O) groups excluding carboxylic acids is 1. The quantitative estimate of drug-likeness (QED) is 0.676. The number of ether oxygens (including phenoxy) is 2. The molecule has 0 atom stereocenters. The third-order valence-corrected chi connectivity index (χ3v) is 2.99. The zero-order valence-corrected chi connectivity index (χ0v) is 11.9. The SMILES string of the molecule is COc1cccc(/C=C/C(=O)c2c(O)cccc2OC)c1. The molecule has 2 rings (SSSR count). The molecule has 0 bridgehead atoms. The monoisotopic (exact) mass is 284 g/mol. The van der Waals surface area contributed by atoms with Gasteiger partial charge in [-0.1, -0.05) is 24.3 Å². The zero-order chi connectivity index (χ0) is 15.2. The molecular weight excluding hydrogens is 268 g/mol. The molecule has 108 valence electrons. The first-order valence-electron chi connectivity index (χ1n) is 6.38. The average molecular weight is 284 g/mol. The van der Waals surface area contributed by atoms with Crippen molar-refractivity contribution in [2.24, 2.45) is 0 Å². The standard InChI is InChI=1S/C17H16O4/c1-20-13-6-3-5-12(11-13)9-10-15(19)17-14(18)7-4-8-16(17)21-2/h3-11,18H,1-2H3/b10-9+. The Morgan fingerprint density at radius 3 is 2.57 bits per heavy atom. The molecule has 0 unspecified atom stereocenters. The second-order valence-electron chi connectivity index (χ2n) is 4.33. The smallest absolute Gasteiger partial charge is 0.193 e. The zero-order valence-electron chi connectivity index (χ0n) is 11.9. The molecule has 0 radical (unpaired) electrons. The summed E-state index contributed by atoms with van der Waals surface area (Å²) < 4.78 is 10.2. The Morgan fingerprint density at radius 2 is 1.86 bits per heavy atom. The number of rotatable bonds is 5. The summed E-state index contributed by atoms with van der Waals surface area (Å²) >= 11 is 0. The van der Waals surface area contributed by atoms with Crippen molar-refractivity contribution < 1.29 is 19.4 Å². The number of ketones is 1. The molecule has 0 aliphatic rings. The molecule has 4 nitrogen and oxygen atoms in total. The molecule has 0 aliphatic carbocycles. The number of methoxy groups -OCH3 is 2. The van der Waals surface area contributed by atoms with Crippen molar-refractivity contribution >= 4 is 11.9 Å². The predicted octanol–water partition coefficient (Wildman–Crippen LogP) is 3.31. The molecule has 0 heterocycles. The highest BCUT2D eigenvalue weighted by Crippen LogP contribution is 2.28. The maximum atomic E-state index is 12.2. The molecule has 0 amide bonds. The molecule has 1 N–H and O–H groups in total. The number of benzene rings is 2. The van der Waals surface area contributed by atoms with Crippen LogP contribution in [0, 0.1) is 0 Å². The van der Waals surface area contributed by atoms with Crippen molar-refractivity contribution in [2.75, 3.05) is 14.2 Å². The Bertz CT molecular complexity index is 674. The van der Waals surface area contributed by atoms with Gasteiger partial charge in [-0.3, -0.25) is 4.79 Å². The molecule has 0 saturated carbocycles. The number of carbonyl (C=O) groups is 1. The van der Waals surface area contributed by atoms with Gasteiger partial charge in [-0.2, -0.15) is 0 Å². The van der Waals surface area contributed by atoms with Crippen LogP contribution in [0.2, 0.25) is 0 Å². The summed E-state index contributed by atoms with van der Waals surface area (Å²) in [6, 6.07) is 12.0. The predicted molar refractivity (Wildman–Crippen MR) is 81.0 cm³/mol. The minimum Gasteiger partial charge on any atom is -0.507 e. The van der Waals surface area contributed by atoms with Crippen LogP contribution in [0.4, 0.5) is 0 Å². The lowest BCUT2D eigenvalue weighted by atomic mass is 10.1. The van der Waals surface area contributed by atoms with E-state index in [1.807, 2.05) is 24.3 Å². The van der Waals surface area contributed by atoms with Crippen LogP contribution < -0.4 is 9.47 Å². The lowest BCUT2D eigenvalue weighted by Gasteiger charge is -2.07. The van der Waals surface area contributed by atoms with Crippen molar-refractivity contribution in [3.05, 3.63) is 59.7 Å². The van der Waals surface area contributed by atoms with Crippen LogP contribution in [0.15, 0.2) is 48.5 Å². The van der Waals surface area contributed by atoms with Gasteiger partial charge >= 0.3 is 0 Å². The van der Waals surface area contributed by atoms with E-state index >= 15 is 0 Å². The van der Waals surface area contributed by atoms with Gasteiger partial charge < -0.3 is 14.6 Å². The summed E-state index contributed by atoms with van der Waals surface area (Å²) in [7, 11) is 3.04. The van der Waals surface area contributed by atoms with Crippen LogP contribution in [-0.2, 0) is 0 Å².